The average Bonchev–Trinajstić information content (AvgIpc) is 2.45. The van der Waals surface area contributed by atoms with Gasteiger partial charge in [-0.25, -0.2) is 0 Å². The Hall–Kier alpha value is -2.57. The highest BCUT2D eigenvalue weighted by Crippen LogP contribution is 2.29. The Morgan fingerprint density at radius 1 is 1.17 bits per heavy atom. The number of aryl methyl sites for hydroxylation is 2. The van der Waals surface area contributed by atoms with Crippen molar-refractivity contribution in [3.05, 3.63) is 68.6 Å². The number of carbonyl (C=O) groups excluding carboxylic acids is 1. The van der Waals surface area contributed by atoms with Crippen molar-refractivity contribution < 1.29 is 18.0 Å². The first-order valence-corrected chi connectivity index (χ1v) is 6.83. The Balaban J connectivity index is 2.10. The van der Waals surface area contributed by atoms with Crippen molar-refractivity contribution in [1.29, 1.82) is 0 Å². The van der Waals surface area contributed by atoms with Crippen LogP contribution in [0.2, 0.25) is 0 Å². The summed E-state index contributed by atoms with van der Waals surface area (Å²) in [4.78, 5) is 26.4. The summed E-state index contributed by atoms with van der Waals surface area (Å²) in [6.45, 7) is 3.50. The van der Waals surface area contributed by atoms with Crippen molar-refractivity contribution in [2.24, 2.45) is 0 Å². The first-order valence-electron chi connectivity index (χ1n) is 6.83. The predicted octanol–water partition coefficient (Wildman–Crippen LogP) is 2.94. The van der Waals surface area contributed by atoms with Crippen molar-refractivity contribution in [3.63, 3.8) is 0 Å². The van der Waals surface area contributed by atoms with Crippen molar-refractivity contribution in [1.82, 2.24) is 10.3 Å². The molecule has 1 aromatic carbocycles. The normalized spacial score (nSPS) is 11.3. The first kappa shape index (κ1) is 16.8. The number of hydrogen-bond donors (Lipinski definition) is 2. The van der Waals surface area contributed by atoms with Gasteiger partial charge in [-0.1, -0.05) is 0 Å². The van der Waals surface area contributed by atoms with Gasteiger partial charge in [0.1, 0.15) is 0 Å². The summed E-state index contributed by atoms with van der Waals surface area (Å²) in [5.41, 5.74) is 0.842. The van der Waals surface area contributed by atoms with Crippen molar-refractivity contribution in [3.8, 4) is 0 Å². The van der Waals surface area contributed by atoms with E-state index < -0.39 is 17.6 Å². The standard InChI is InChI=1S/C16H15F3N2O2/c1-9-7-10(2)21-15(23)13(9)8-20-14(22)11-3-5-12(6-4-11)16(17,18)19/h3-7H,8H2,1-2H3,(H,20,22)(H,21,23). The summed E-state index contributed by atoms with van der Waals surface area (Å²) in [5.74, 6) is -0.543. The molecular weight excluding hydrogens is 309 g/mol. The van der Waals surface area contributed by atoms with E-state index in [1.807, 2.05) is 0 Å². The largest absolute Gasteiger partial charge is 0.416 e. The molecule has 0 unspecified atom stereocenters. The Morgan fingerprint density at radius 2 is 1.78 bits per heavy atom. The number of aromatic amines is 1. The maximum atomic E-state index is 12.5. The van der Waals surface area contributed by atoms with E-state index >= 15 is 0 Å². The number of benzene rings is 1. The number of nitrogens with one attached hydrogen (secondary N) is 2. The van der Waals surface area contributed by atoms with Crippen LogP contribution in [0.4, 0.5) is 13.2 Å². The summed E-state index contributed by atoms with van der Waals surface area (Å²) in [5, 5.41) is 2.53. The number of rotatable bonds is 3. The minimum Gasteiger partial charge on any atom is -0.348 e. The molecule has 7 heteroatoms. The van der Waals surface area contributed by atoms with Gasteiger partial charge in [0.25, 0.3) is 11.5 Å². The third kappa shape index (κ3) is 4.00. The van der Waals surface area contributed by atoms with Crippen LogP contribution >= 0.6 is 0 Å². The molecule has 0 bridgehead atoms. The number of amides is 1. The second kappa shape index (κ2) is 6.28. The van der Waals surface area contributed by atoms with Gasteiger partial charge < -0.3 is 10.3 Å². The second-order valence-corrected chi connectivity index (χ2v) is 5.20. The molecule has 1 amide bonds. The third-order valence-corrected chi connectivity index (χ3v) is 3.39. The molecule has 0 aliphatic rings. The lowest BCUT2D eigenvalue weighted by Gasteiger charge is -2.09. The van der Waals surface area contributed by atoms with Crippen LogP contribution in [0.1, 0.15) is 32.7 Å². The van der Waals surface area contributed by atoms with Crippen molar-refractivity contribution in [2.45, 2.75) is 26.6 Å². The molecule has 0 saturated heterocycles. The summed E-state index contributed by atoms with van der Waals surface area (Å²) < 4.78 is 37.4. The van der Waals surface area contributed by atoms with Crippen LogP contribution in [0, 0.1) is 13.8 Å². The van der Waals surface area contributed by atoms with Crippen LogP contribution in [-0.4, -0.2) is 10.9 Å². The number of alkyl halides is 3. The van der Waals surface area contributed by atoms with Gasteiger partial charge in [-0.05, 0) is 49.7 Å². The zero-order valence-electron chi connectivity index (χ0n) is 12.5. The molecule has 0 aliphatic carbocycles. The van der Waals surface area contributed by atoms with Gasteiger partial charge in [-0.15, -0.1) is 0 Å². The maximum Gasteiger partial charge on any atom is 0.416 e. The molecule has 1 heterocycles. The fourth-order valence-corrected chi connectivity index (χ4v) is 2.18. The number of aromatic nitrogens is 1. The molecule has 1 aromatic heterocycles. The molecular formula is C16H15F3N2O2. The van der Waals surface area contributed by atoms with E-state index in [1.165, 1.54) is 0 Å². The SMILES string of the molecule is Cc1cc(C)c(CNC(=O)c2ccc(C(F)(F)F)cc2)c(=O)[nH]1. The topological polar surface area (TPSA) is 62.0 Å². The van der Waals surface area contributed by atoms with Crippen LogP contribution in [-0.2, 0) is 12.7 Å². The van der Waals surface area contributed by atoms with E-state index in [4.69, 9.17) is 0 Å². The molecule has 0 atom stereocenters. The zero-order valence-corrected chi connectivity index (χ0v) is 12.5. The zero-order chi connectivity index (χ0) is 17.2. The van der Waals surface area contributed by atoms with Crippen LogP contribution in [0.15, 0.2) is 35.1 Å². The van der Waals surface area contributed by atoms with E-state index in [2.05, 4.69) is 10.3 Å². The average molecular weight is 324 g/mol. The predicted molar refractivity (Wildman–Crippen MR) is 79.2 cm³/mol. The van der Waals surface area contributed by atoms with Gasteiger partial charge in [-0.3, -0.25) is 9.59 Å². The number of carbonyl (C=O) groups is 1. The summed E-state index contributed by atoms with van der Waals surface area (Å²) in [6.07, 6.45) is -4.44. The van der Waals surface area contributed by atoms with E-state index in [9.17, 15) is 22.8 Å². The smallest absolute Gasteiger partial charge is 0.348 e. The maximum absolute atomic E-state index is 12.5. The molecule has 4 nitrogen and oxygen atoms in total. The van der Waals surface area contributed by atoms with Gasteiger partial charge in [0, 0.05) is 23.4 Å². The molecule has 23 heavy (non-hydrogen) atoms. The fourth-order valence-electron chi connectivity index (χ4n) is 2.18. The van der Waals surface area contributed by atoms with Gasteiger partial charge >= 0.3 is 6.18 Å². The van der Waals surface area contributed by atoms with Gasteiger partial charge in [-0.2, -0.15) is 13.2 Å². The van der Waals surface area contributed by atoms with E-state index in [-0.39, 0.29) is 17.7 Å². The molecule has 0 spiro atoms. The van der Waals surface area contributed by atoms with Crippen LogP contribution in [0.3, 0.4) is 0 Å². The summed E-state index contributed by atoms with van der Waals surface area (Å²) >= 11 is 0. The second-order valence-electron chi connectivity index (χ2n) is 5.20. The molecule has 2 aromatic rings. The highest BCUT2D eigenvalue weighted by atomic mass is 19.4. The quantitative estimate of drug-likeness (QED) is 0.912. The summed E-state index contributed by atoms with van der Waals surface area (Å²) in [7, 11) is 0. The van der Waals surface area contributed by atoms with Crippen LogP contribution < -0.4 is 10.9 Å². The highest BCUT2D eigenvalue weighted by Gasteiger charge is 2.30. The van der Waals surface area contributed by atoms with E-state index in [0.29, 0.717) is 11.3 Å². The monoisotopic (exact) mass is 324 g/mol. The lowest BCUT2D eigenvalue weighted by Crippen LogP contribution is -2.28. The van der Waals surface area contributed by atoms with Crippen molar-refractivity contribution in [2.75, 3.05) is 0 Å². The number of H-pyrrole nitrogens is 1. The minimum absolute atomic E-state index is 0.00129. The molecule has 0 saturated carbocycles. The van der Waals surface area contributed by atoms with Gasteiger partial charge in [0.15, 0.2) is 0 Å². The van der Waals surface area contributed by atoms with Gasteiger partial charge in [0.2, 0.25) is 0 Å². The molecule has 2 rings (SSSR count). The first-order chi connectivity index (χ1) is 10.7. The number of pyridine rings is 1. The molecule has 2 N–H and O–H groups in total. The Morgan fingerprint density at radius 3 is 2.30 bits per heavy atom. The highest BCUT2D eigenvalue weighted by molar-refractivity contribution is 5.94. The van der Waals surface area contributed by atoms with Crippen LogP contribution in [0.5, 0.6) is 0 Å². The number of hydrogen-bond acceptors (Lipinski definition) is 2. The Labute approximate surface area is 130 Å². The Kier molecular flexibility index (Phi) is 4.58. The minimum atomic E-state index is -4.44. The lowest BCUT2D eigenvalue weighted by atomic mass is 10.1. The molecule has 0 fully saturated rings. The van der Waals surface area contributed by atoms with E-state index in [0.717, 1.165) is 29.8 Å². The molecule has 0 radical (unpaired) electrons. The molecule has 122 valence electrons. The van der Waals surface area contributed by atoms with Gasteiger partial charge in [0.05, 0.1) is 5.56 Å². The van der Waals surface area contributed by atoms with E-state index in [1.54, 1.807) is 19.9 Å². The summed E-state index contributed by atoms with van der Waals surface area (Å²) in [6, 6.07) is 5.67. The lowest BCUT2D eigenvalue weighted by molar-refractivity contribution is -0.137. The third-order valence-electron chi connectivity index (χ3n) is 3.39. The molecule has 0 aliphatic heterocycles. The van der Waals surface area contributed by atoms with Crippen molar-refractivity contribution >= 4 is 5.91 Å². The Bertz CT molecular complexity index is 777. The van der Waals surface area contributed by atoms with Crippen LogP contribution in [0.25, 0.3) is 0 Å². The number of halogens is 3. The fraction of sp³-hybridized carbons (Fsp3) is 0.250.